The van der Waals surface area contributed by atoms with E-state index in [2.05, 4.69) is 4.90 Å². The van der Waals surface area contributed by atoms with Crippen LogP contribution in [0.25, 0.3) is 5.76 Å². The van der Waals surface area contributed by atoms with Crippen molar-refractivity contribution in [1.29, 1.82) is 0 Å². The Morgan fingerprint density at radius 3 is 2.37 bits per heavy atom. The molecule has 0 bridgehead atoms. The Labute approximate surface area is 206 Å². The van der Waals surface area contributed by atoms with E-state index in [1.165, 1.54) is 0 Å². The number of aryl methyl sites for hydroxylation is 1. The number of morpholine rings is 1. The zero-order valence-electron chi connectivity index (χ0n) is 20.5. The number of aliphatic hydroxyl groups is 1. The van der Waals surface area contributed by atoms with Gasteiger partial charge in [0.15, 0.2) is 0 Å². The van der Waals surface area contributed by atoms with Crippen LogP contribution in [0, 0.1) is 6.92 Å². The highest BCUT2D eigenvalue weighted by molar-refractivity contribution is 6.46. The molecule has 0 saturated carbocycles. The maximum absolute atomic E-state index is 13.2. The fourth-order valence-electron chi connectivity index (χ4n) is 4.58. The van der Waals surface area contributed by atoms with Crippen LogP contribution in [0.1, 0.15) is 42.5 Å². The minimum atomic E-state index is -0.652. The van der Waals surface area contributed by atoms with E-state index in [1.54, 1.807) is 17.0 Å². The molecule has 2 heterocycles. The van der Waals surface area contributed by atoms with E-state index < -0.39 is 17.7 Å². The van der Waals surface area contributed by atoms with Crippen LogP contribution < -0.4 is 4.74 Å². The summed E-state index contributed by atoms with van der Waals surface area (Å²) in [5.41, 5.74) is 2.47. The number of Topliss-reactive ketones (excluding diaryl/α,β-unsaturated/α-hetero) is 1. The maximum Gasteiger partial charge on any atom is 0.295 e. The van der Waals surface area contributed by atoms with E-state index in [4.69, 9.17) is 9.47 Å². The summed E-state index contributed by atoms with van der Waals surface area (Å²) in [4.78, 5) is 30.3. The molecule has 186 valence electrons. The Bertz CT molecular complexity index is 1060. The van der Waals surface area contributed by atoms with Gasteiger partial charge in [-0.15, -0.1) is 0 Å². The first kappa shape index (κ1) is 24.9. The number of ketones is 1. The predicted octanol–water partition coefficient (Wildman–Crippen LogP) is 3.93. The summed E-state index contributed by atoms with van der Waals surface area (Å²) < 4.78 is 11.1. The van der Waals surface area contributed by atoms with Gasteiger partial charge in [0.25, 0.3) is 11.7 Å². The van der Waals surface area contributed by atoms with Gasteiger partial charge in [-0.2, -0.15) is 0 Å². The predicted molar refractivity (Wildman–Crippen MR) is 134 cm³/mol. The number of hydrogen-bond donors (Lipinski definition) is 1. The minimum Gasteiger partial charge on any atom is -0.507 e. The average molecular weight is 479 g/mol. The van der Waals surface area contributed by atoms with Gasteiger partial charge in [-0.25, -0.2) is 0 Å². The second-order valence-electron chi connectivity index (χ2n) is 9.08. The number of aliphatic hydroxyl groups excluding tert-OH is 1. The number of amides is 1. The van der Waals surface area contributed by atoms with E-state index in [0.29, 0.717) is 31.9 Å². The zero-order chi connectivity index (χ0) is 24.8. The topological polar surface area (TPSA) is 79.3 Å². The quantitative estimate of drug-likeness (QED) is 0.334. The van der Waals surface area contributed by atoms with Gasteiger partial charge in [0.1, 0.15) is 11.5 Å². The molecule has 7 nitrogen and oxygen atoms in total. The molecule has 0 spiro atoms. The van der Waals surface area contributed by atoms with E-state index in [1.807, 2.05) is 50.2 Å². The van der Waals surface area contributed by atoms with Crippen molar-refractivity contribution in [3.63, 3.8) is 0 Å². The van der Waals surface area contributed by atoms with Crippen molar-refractivity contribution in [2.45, 2.75) is 32.7 Å². The summed E-state index contributed by atoms with van der Waals surface area (Å²) in [5.74, 6) is -0.628. The molecule has 0 aromatic heterocycles. The van der Waals surface area contributed by atoms with Crippen LogP contribution in [-0.4, -0.2) is 72.6 Å². The maximum atomic E-state index is 13.2. The number of ether oxygens (including phenoxy) is 2. The fraction of sp³-hybridized carbons (Fsp3) is 0.429. The lowest BCUT2D eigenvalue weighted by molar-refractivity contribution is -0.140. The molecule has 7 heteroatoms. The number of carbonyl (C=O) groups excluding carboxylic acids is 2. The molecule has 2 aromatic rings. The molecule has 2 fully saturated rings. The largest absolute Gasteiger partial charge is 0.507 e. The van der Waals surface area contributed by atoms with E-state index in [0.717, 1.165) is 49.4 Å². The normalized spacial score (nSPS) is 20.4. The monoisotopic (exact) mass is 478 g/mol. The van der Waals surface area contributed by atoms with Crippen LogP contribution in [0.3, 0.4) is 0 Å². The van der Waals surface area contributed by atoms with Gasteiger partial charge in [-0.1, -0.05) is 48.9 Å². The lowest BCUT2D eigenvalue weighted by Crippen LogP contribution is -2.38. The molecule has 2 aromatic carbocycles. The first-order valence-corrected chi connectivity index (χ1v) is 12.4. The van der Waals surface area contributed by atoms with Crippen molar-refractivity contribution in [2.75, 3.05) is 46.0 Å². The number of benzene rings is 2. The third kappa shape index (κ3) is 5.74. The summed E-state index contributed by atoms with van der Waals surface area (Å²) >= 11 is 0. The van der Waals surface area contributed by atoms with Crippen molar-refractivity contribution in [3.05, 3.63) is 70.8 Å². The van der Waals surface area contributed by atoms with Crippen LogP contribution in [0.2, 0.25) is 0 Å². The molecule has 1 atom stereocenters. The Kier molecular flexibility index (Phi) is 8.21. The van der Waals surface area contributed by atoms with Crippen LogP contribution in [0.15, 0.2) is 54.1 Å². The minimum absolute atomic E-state index is 0.132. The number of hydrogen-bond acceptors (Lipinski definition) is 6. The third-order valence-electron chi connectivity index (χ3n) is 6.51. The second-order valence-corrected chi connectivity index (χ2v) is 9.08. The number of rotatable bonds is 9. The summed E-state index contributed by atoms with van der Waals surface area (Å²) in [7, 11) is 0. The Hall–Kier alpha value is -3.16. The van der Waals surface area contributed by atoms with Crippen molar-refractivity contribution in [1.82, 2.24) is 9.80 Å². The summed E-state index contributed by atoms with van der Waals surface area (Å²) in [6.45, 7) is 9.03. The molecular formula is C28H34N2O5. The summed E-state index contributed by atoms with van der Waals surface area (Å²) in [6, 6.07) is 14.1. The molecule has 1 N–H and O–H groups in total. The number of likely N-dealkylation sites (tertiary alicyclic amines) is 1. The van der Waals surface area contributed by atoms with Gasteiger partial charge in [0, 0.05) is 31.7 Å². The number of nitrogens with zero attached hydrogens (tertiary/aromatic N) is 2. The summed E-state index contributed by atoms with van der Waals surface area (Å²) in [6.07, 6.45) is 1.63. The van der Waals surface area contributed by atoms with Gasteiger partial charge in [-0.05, 0) is 37.5 Å². The first-order chi connectivity index (χ1) is 17.0. The standard InChI is InChI=1S/C28H34N2O5/c1-3-17-35-23-11-9-21(10-12-23)25-24(26(31)22-7-5-20(2)6-8-22)27(32)28(33)30(25)14-4-13-29-15-18-34-19-16-29/h5-12,25,31H,3-4,13-19H2,1-2H3/t25-/m1/s1. The molecule has 35 heavy (non-hydrogen) atoms. The molecule has 2 saturated heterocycles. The van der Waals surface area contributed by atoms with Crippen molar-refractivity contribution < 1.29 is 24.2 Å². The Morgan fingerprint density at radius 2 is 1.71 bits per heavy atom. The van der Waals surface area contributed by atoms with Crippen LogP contribution in [0.4, 0.5) is 0 Å². The van der Waals surface area contributed by atoms with Gasteiger partial charge in [-0.3, -0.25) is 14.5 Å². The van der Waals surface area contributed by atoms with Crippen LogP contribution in [0.5, 0.6) is 5.75 Å². The lowest BCUT2D eigenvalue weighted by atomic mass is 9.95. The Balaban J connectivity index is 1.64. The molecule has 2 aliphatic heterocycles. The zero-order valence-corrected chi connectivity index (χ0v) is 20.5. The van der Waals surface area contributed by atoms with Crippen molar-refractivity contribution >= 4 is 17.4 Å². The van der Waals surface area contributed by atoms with Crippen molar-refractivity contribution in [2.24, 2.45) is 0 Å². The second kappa shape index (κ2) is 11.5. The molecule has 0 radical (unpaired) electrons. The fourth-order valence-corrected chi connectivity index (χ4v) is 4.58. The Morgan fingerprint density at radius 1 is 1.03 bits per heavy atom. The molecule has 0 unspecified atom stereocenters. The molecule has 0 aliphatic carbocycles. The van der Waals surface area contributed by atoms with Crippen LogP contribution in [-0.2, 0) is 14.3 Å². The van der Waals surface area contributed by atoms with E-state index in [-0.39, 0.29) is 11.3 Å². The van der Waals surface area contributed by atoms with Gasteiger partial charge >= 0.3 is 0 Å². The molecule has 2 aliphatic rings. The van der Waals surface area contributed by atoms with E-state index in [9.17, 15) is 14.7 Å². The van der Waals surface area contributed by atoms with Gasteiger partial charge in [0.05, 0.1) is 31.4 Å². The first-order valence-electron chi connectivity index (χ1n) is 12.4. The van der Waals surface area contributed by atoms with E-state index >= 15 is 0 Å². The summed E-state index contributed by atoms with van der Waals surface area (Å²) in [5, 5.41) is 11.2. The lowest BCUT2D eigenvalue weighted by Gasteiger charge is -2.29. The molecule has 1 amide bonds. The highest BCUT2D eigenvalue weighted by Crippen LogP contribution is 2.40. The van der Waals surface area contributed by atoms with Gasteiger partial charge in [0.2, 0.25) is 0 Å². The van der Waals surface area contributed by atoms with Crippen molar-refractivity contribution in [3.8, 4) is 5.75 Å². The smallest absolute Gasteiger partial charge is 0.295 e. The highest BCUT2D eigenvalue weighted by atomic mass is 16.5. The van der Waals surface area contributed by atoms with Crippen LogP contribution >= 0.6 is 0 Å². The number of carbonyl (C=O) groups is 2. The molecule has 4 rings (SSSR count). The molecular weight excluding hydrogens is 444 g/mol. The highest BCUT2D eigenvalue weighted by Gasteiger charge is 2.45. The SMILES string of the molecule is CCCOc1ccc([C@@H]2C(=C(O)c3ccc(C)cc3)C(=O)C(=O)N2CCCN2CCOCC2)cc1. The third-order valence-corrected chi connectivity index (χ3v) is 6.51. The van der Waals surface area contributed by atoms with Gasteiger partial charge < -0.3 is 19.5 Å². The average Bonchev–Trinajstić information content (AvgIpc) is 3.13.